The molecule has 1 unspecified atom stereocenters. The van der Waals surface area contributed by atoms with Crippen molar-refractivity contribution in [3.8, 4) is 5.75 Å². The van der Waals surface area contributed by atoms with Gasteiger partial charge in [-0.05, 0) is 25.0 Å². The molecule has 3 rings (SSSR count). The van der Waals surface area contributed by atoms with Gasteiger partial charge in [-0.25, -0.2) is 4.98 Å². The molecule has 0 bridgehead atoms. The average Bonchev–Trinajstić information content (AvgIpc) is 2.86. The van der Waals surface area contributed by atoms with Crippen LogP contribution in [0.15, 0.2) is 33.3 Å². The van der Waals surface area contributed by atoms with E-state index in [1.807, 2.05) is 6.07 Å². The highest BCUT2D eigenvalue weighted by Gasteiger charge is 2.20. The van der Waals surface area contributed by atoms with Crippen LogP contribution in [0.1, 0.15) is 43.0 Å². The molecular weight excluding hydrogens is 332 g/mol. The maximum Gasteiger partial charge on any atom is 0.208 e. The second kappa shape index (κ2) is 6.62. The van der Waals surface area contributed by atoms with E-state index in [0.29, 0.717) is 6.54 Å². The number of hydrogen-bond donors (Lipinski definition) is 1. The summed E-state index contributed by atoms with van der Waals surface area (Å²) in [6.45, 7) is 3.47. The number of oxazole rings is 1. The number of rotatable bonds is 4. The number of aromatic nitrogens is 1. The minimum atomic E-state index is 0.271. The van der Waals surface area contributed by atoms with E-state index < -0.39 is 0 Å². The van der Waals surface area contributed by atoms with Crippen LogP contribution in [-0.4, -0.2) is 11.6 Å². The zero-order valence-corrected chi connectivity index (χ0v) is 13.6. The zero-order chi connectivity index (χ0) is 14.7. The summed E-state index contributed by atoms with van der Waals surface area (Å²) >= 11 is 3.50. The summed E-state index contributed by atoms with van der Waals surface area (Å²) in [6.07, 6.45) is 4.77. The fourth-order valence-electron chi connectivity index (χ4n) is 2.56. The van der Waals surface area contributed by atoms with Crippen molar-refractivity contribution >= 4 is 15.9 Å². The second-order valence-corrected chi connectivity index (χ2v) is 6.10. The second-order valence-electron chi connectivity index (χ2n) is 5.18. The van der Waals surface area contributed by atoms with E-state index in [4.69, 9.17) is 9.15 Å². The predicted octanol–water partition coefficient (Wildman–Crippen LogP) is 4.00. The maximum absolute atomic E-state index is 5.82. The highest BCUT2D eigenvalue weighted by Crippen LogP contribution is 2.33. The fraction of sp³-hybridized carbons (Fsp3) is 0.438. The van der Waals surface area contributed by atoms with E-state index in [-0.39, 0.29) is 6.04 Å². The Labute approximate surface area is 133 Å². The third kappa shape index (κ3) is 3.47. The van der Waals surface area contributed by atoms with Gasteiger partial charge in [-0.3, -0.25) is 0 Å². The number of ether oxygens (including phenoxy) is 1. The monoisotopic (exact) mass is 350 g/mol. The molecule has 1 aromatic heterocycles. The summed E-state index contributed by atoms with van der Waals surface area (Å²) in [7, 11) is 0. The quantitative estimate of drug-likeness (QED) is 0.904. The molecular formula is C16H19BrN2O2. The maximum atomic E-state index is 5.82. The van der Waals surface area contributed by atoms with E-state index in [9.17, 15) is 0 Å². The van der Waals surface area contributed by atoms with Gasteiger partial charge in [0.2, 0.25) is 5.89 Å². The third-order valence-corrected chi connectivity index (χ3v) is 4.19. The van der Waals surface area contributed by atoms with Crippen LogP contribution in [0, 0.1) is 0 Å². The number of nitrogens with zero attached hydrogens (tertiary/aromatic N) is 1. The number of halogens is 1. The summed E-state index contributed by atoms with van der Waals surface area (Å²) in [5.74, 6) is 2.64. The number of fused-ring (bicyclic) bond motifs is 1. The summed E-state index contributed by atoms with van der Waals surface area (Å²) in [5.41, 5.74) is 1.21. The molecule has 1 aromatic carbocycles. The molecule has 112 valence electrons. The lowest BCUT2D eigenvalue weighted by atomic mass is 10.0. The third-order valence-electron chi connectivity index (χ3n) is 3.70. The van der Waals surface area contributed by atoms with Crippen molar-refractivity contribution in [2.75, 3.05) is 6.61 Å². The minimum Gasteiger partial charge on any atom is -0.493 e. The van der Waals surface area contributed by atoms with Gasteiger partial charge < -0.3 is 14.5 Å². The van der Waals surface area contributed by atoms with Gasteiger partial charge in [0.25, 0.3) is 0 Å². The molecule has 0 amide bonds. The van der Waals surface area contributed by atoms with Gasteiger partial charge in [-0.1, -0.05) is 28.9 Å². The van der Waals surface area contributed by atoms with Gasteiger partial charge in [0.1, 0.15) is 11.5 Å². The fourth-order valence-corrected chi connectivity index (χ4v) is 2.90. The highest BCUT2D eigenvalue weighted by atomic mass is 79.9. The first-order chi connectivity index (χ1) is 10.3. The summed E-state index contributed by atoms with van der Waals surface area (Å²) < 4.78 is 12.5. The van der Waals surface area contributed by atoms with E-state index >= 15 is 0 Å². The molecule has 1 aliphatic rings. The topological polar surface area (TPSA) is 47.3 Å². The van der Waals surface area contributed by atoms with Crippen molar-refractivity contribution in [2.24, 2.45) is 0 Å². The lowest BCUT2D eigenvalue weighted by Gasteiger charge is -2.17. The van der Waals surface area contributed by atoms with Gasteiger partial charge in [0.15, 0.2) is 0 Å². The lowest BCUT2D eigenvalue weighted by Crippen LogP contribution is -2.20. The predicted molar refractivity (Wildman–Crippen MR) is 84.3 cm³/mol. The van der Waals surface area contributed by atoms with Gasteiger partial charge in [0.05, 0.1) is 19.3 Å². The Bertz CT molecular complexity index is 612. The van der Waals surface area contributed by atoms with Crippen LogP contribution in [0.25, 0.3) is 0 Å². The number of nitrogens with one attached hydrogen (secondary N) is 1. The molecule has 1 N–H and O–H groups in total. The standard InChI is InChI=1S/C16H19BrN2O2/c1-2-12-9-19-16(21-12)10-18-14-4-3-7-20-15-8-11(17)5-6-13(14)15/h5-6,8-9,14,18H,2-4,7,10H2,1H3. The van der Waals surface area contributed by atoms with Crippen molar-refractivity contribution in [1.29, 1.82) is 0 Å². The van der Waals surface area contributed by atoms with Gasteiger partial charge >= 0.3 is 0 Å². The summed E-state index contributed by atoms with van der Waals surface area (Å²) in [4.78, 5) is 4.30. The SMILES string of the molecule is CCc1cnc(CNC2CCCOc3cc(Br)ccc32)o1. The average molecular weight is 351 g/mol. The first-order valence-electron chi connectivity index (χ1n) is 7.35. The van der Waals surface area contributed by atoms with Crippen LogP contribution >= 0.6 is 15.9 Å². The van der Waals surface area contributed by atoms with E-state index in [1.54, 1.807) is 6.20 Å². The van der Waals surface area contributed by atoms with Crippen molar-refractivity contribution in [3.05, 3.63) is 46.1 Å². The van der Waals surface area contributed by atoms with Gasteiger partial charge in [0, 0.05) is 22.5 Å². The van der Waals surface area contributed by atoms with Crippen LogP contribution in [0.2, 0.25) is 0 Å². The minimum absolute atomic E-state index is 0.271. The van der Waals surface area contributed by atoms with E-state index in [1.165, 1.54) is 5.56 Å². The summed E-state index contributed by atoms with van der Waals surface area (Å²) in [5, 5.41) is 3.54. The molecule has 5 heteroatoms. The Hall–Kier alpha value is -1.33. The summed E-state index contributed by atoms with van der Waals surface area (Å²) in [6, 6.07) is 6.49. The first kappa shape index (κ1) is 14.6. The molecule has 0 saturated carbocycles. The van der Waals surface area contributed by atoms with Crippen molar-refractivity contribution in [1.82, 2.24) is 10.3 Å². The van der Waals surface area contributed by atoms with Crippen LogP contribution in [0.4, 0.5) is 0 Å². The molecule has 0 aliphatic carbocycles. The lowest BCUT2D eigenvalue weighted by molar-refractivity contribution is 0.314. The molecule has 0 radical (unpaired) electrons. The van der Waals surface area contributed by atoms with Crippen molar-refractivity contribution < 1.29 is 9.15 Å². The number of hydrogen-bond acceptors (Lipinski definition) is 4. The molecule has 4 nitrogen and oxygen atoms in total. The van der Waals surface area contributed by atoms with Crippen LogP contribution in [0.5, 0.6) is 5.75 Å². The molecule has 0 spiro atoms. The first-order valence-corrected chi connectivity index (χ1v) is 8.14. The zero-order valence-electron chi connectivity index (χ0n) is 12.1. The molecule has 0 saturated heterocycles. The van der Waals surface area contributed by atoms with Crippen LogP contribution < -0.4 is 10.1 Å². The largest absolute Gasteiger partial charge is 0.493 e. The van der Waals surface area contributed by atoms with Gasteiger partial charge in [-0.2, -0.15) is 0 Å². The van der Waals surface area contributed by atoms with Crippen molar-refractivity contribution in [3.63, 3.8) is 0 Å². The number of aryl methyl sites for hydroxylation is 1. The molecule has 1 aliphatic heterocycles. The van der Waals surface area contributed by atoms with Crippen LogP contribution in [-0.2, 0) is 13.0 Å². The number of benzene rings is 1. The van der Waals surface area contributed by atoms with Gasteiger partial charge in [-0.15, -0.1) is 0 Å². The highest BCUT2D eigenvalue weighted by molar-refractivity contribution is 9.10. The van der Waals surface area contributed by atoms with E-state index in [0.717, 1.165) is 47.7 Å². The normalized spacial score (nSPS) is 17.9. The van der Waals surface area contributed by atoms with Crippen LogP contribution in [0.3, 0.4) is 0 Å². The van der Waals surface area contributed by atoms with Crippen molar-refractivity contribution in [2.45, 2.75) is 38.8 Å². The van der Waals surface area contributed by atoms with E-state index in [2.05, 4.69) is 45.3 Å². The Kier molecular flexibility index (Phi) is 4.60. The molecule has 2 aromatic rings. The molecule has 2 heterocycles. The molecule has 0 fully saturated rings. The Morgan fingerprint density at radius 2 is 2.33 bits per heavy atom. The molecule has 21 heavy (non-hydrogen) atoms. The Morgan fingerprint density at radius 1 is 1.43 bits per heavy atom. The smallest absolute Gasteiger partial charge is 0.208 e. The molecule has 1 atom stereocenters. The Morgan fingerprint density at radius 3 is 3.14 bits per heavy atom. The Balaban J connectivity index is 1.73.